The van der Waals surface area contributed by atoms with E-state index in [-0.39, 0.29) is 65.7 Å². The van der Waals surface area contributed by atoms with E-state index in [9.17, 15) is 13.6 Å². The van der Waals surface area contributed by atoms with E-state index >= 15 is 0 Å². The lowest BCUT2D eigenvalue weighted by molar-refractivity contribution is -0.121. The van der Waals surface area contributed by atoms with Crippen LogP contribution in [0, 0.1) is 0 Å². The smallest absolute Gasteiger partial charge is 0.268 e. The Labute approximate surface area is 304 Å². The van der Waals surface area contributed by atoms with Crippen molar-refractivity contribution in [2.45, 2.75) is 39.2 Å². The molecule has 0 aliphatic heterocycles. The standard InChI is InChI=1S/C37H40N6O8S/c1-37(2,3)25-13-15-26(16-14-25)43(52(45)46)35-32(51-29-11-8-7-10-28(29)48-5)36(42-34(41-35)33-38-19-9-20-39-33)50-21-18-31(44)40-23-24-12-17-27(47-4)22-30(24)49-6/h7-17,19-20,22H,18,21,23H2,1-6H3,(H,40,44)(H,45,46). The number of aromatic nitrogens is 4. The number of rotatable bonds is 15. The van der Waals surface area contributed by atoms with Gasteiger partial charge in [-0.1, -0.05) is 45.0 Å². The average molecular weight is 729 g/mol. The minimum atomic E-state index is -2.67. The molecule has 5 aromatic rings. The predicted octanol–water partition coefficient (Wildman–Crippen LogP) is 6.41. The van der Waals surface area contributed by atoms with Crippen LogP contribution in [-0.4, -0.2) is 62.5 Å². The highest BCUT2D eigenvalue weighted by Gasteiger charge is 2.30. The van der Waals surface area contributed by atoms with E-state index in [1.54, 1.807) is 67.8 Å². The molecule has 2 aromatic heterocycles. The van der Waals surface area contributed by atoms with Gasteiger partial charge in [-0.05, 0) is 53.4 Å². The molecule has 272 valence electrons. The van der Waals surface area contributed by atoms with Crippen molar-refractivity contribution in [3.8, 4) is 46.3 Å². The molecule has 14 nitrogen and oxygen atoms in total. The van der Waals surface area contributed by atoms with Crippen LogP contribution in [0.5, 0.6) is 34.6 Å². The van der Waals surface area contributed by atoms with Crippen LogP contribution in [0.3, 0.4) is 0 Å². The lowest BCUT2D eigenvalue weighted by Gasteiger charge is -2.25. The zero-order chi connectivity index (χ0) is 37.3. The van der Waals surface area contributed by atoms with Gasteiger partial charge in [-0.3, -0.25) is 9.35 Å². The zero-order valence-corrected chi connectivity index (χ0v) is 30.5. The van der Waals surface area contributed by atoms with Crippen LogP contribution >= 0.6 is 0 Å². The lowest BCUT2D eigenvalue weighted by atomic mass is 9.87. The van der Waals surface area contributed by atoms with E-state index in [4.69, 9.17) is 23.7 Å². The summed E-state index contributed by atoms with van der Waals surface area (Å²) in [6.07, 6.45) is 2.95. The first-order valence-electron chi connectivity index (χ1n) is 16.1. The van der Waals surface area contributed by atoms with Crippen LogP contribution < -0.4 is 33.3 Å². The monoisotopic (exact) mass is 728 g/mol. The summed E-state index contributed by atoms with van der Waals surface area (Å²) in [5, 5.41) is 2.86. The number of ether oxygens (including phenoxy) is 5. The summed E-state index contributed by atoms with van der Waals surface area (Å²) in [6.45, 7) is 6.26. The molecule has 1 amide bonds. The van der Waals surface area contributed by atoms with Gasteiger partial charge in [0.25, 0.3) is 17.1 Å². The van der Waals surface area contributed by atoms with Gasteiger partial charge in [0.05, 0.1) is 40.0 Å². The SMILES string of the molecule is COc1ccc(CNC(=O)CCOc2nc(-c3ncccn3)nc(N(c3ccc(C(C)(C)C)cc3)S(=O)O)c2Oc2ccccc2OC)c(OC)c1. The normalized spacial score (nSPS) is 11.7. The molecule has 0 bridgehead atoms. The number of anilines is 2. The minimum Gasteiger partial charge on any atom is -0.497 e. The summed E-state index contributed by atoms with van der Waals surface area (Å²) in [6, 6.07) is 21.0. The highest BCUT2D eigenvalue weighted by molar-refractivity contribution is 7.81. The van der Waals surface area contributed by atoms with E-state index in [2.05, 4.69) is 46.0 Å². The Morgan fingerprint density at radius 2 is 1.54 bits per heavy atom. The number of nitrogens with zero attached hydrogens (tertiary/aromatic N) is 5. The van der Waals surface area contributed by atoms with Crippen molar-refractivity contribution in [2.24, 2.45) is 0 Å². The molecule has 0 saturated carbocycles. The number of hydrogen-bond donors (Lipinski definition) is 2. The van der Waals surface area contributed by atoms with Crippen molar-refractivity contribution in [1.82, 2.24) is 25.3 Å². The van der Waals surface area contributed by atoms with Crippen molar-refractivity contribution >= 4 is 28.7 Å². The Kier molecular flexibility index (Phi) is 12.2. The fourth-order valence-corrected chi connectivity index (χ4v) is 5.55. The quantitative estimate of drug-likeness (QED) is 0.114. The molecule has 2 N–H and O–H groups in total. The summed E-state index contributed by atoms with van der Waals surface area (Å²) >= 11 is -2.67. The first-order valence-corrected chi connectivity index (χ1v) is 17.2. The third-order valence-corrected chi connectivity index (χ3v) is 8.41. The van der Waals surface area contributed by atoms with Gasteiger partial charge in [0.1, 0.15) is 11.5 Å². The van der Waals surface area contributed by atoms with Crippen LogP contribution in [0.25, 0.3) is 11.6 Å². The number of para-hydroxylation sites is 2. The van der Waals surface area contributed by atoms with Crippen LogP contribution in [0.1, 0.15) is 38.3 Å². The Bertz CT molecular complexity index is 2010. The third-order valence-electron chi connectivity index (χ3n) is 7.72. The van der Waals surface area contributed by atoms with Gasteiger partial charge in [-0.25, -0.2) is 23.5 Å². The molecule has 2 heterocycles. The summed E-state index contributed by atoms with van der Waals surface area (Å²) in [4.78, 5) is 30.8. The fourth-order valence-electron chi connectivity index (χ4n) is 4.97. The highest BCUT2D eigenvalue weighted by atomic mass is 32.2. The zero-order valence-electron chi connectivity index (χ0n) is 29.7. The largest absolute Gasteiger partial charge is 0.497 e. The van der Waals surface area contributed by atoms with Gasteiger partial charge >= 0.3 is 0 Å². The summed E-state index contributed by atoms with van der Waals surface area (Å²) < 4.78 is 53.8. The Morgan fingerprint density at radius 1 is 0.846 bits per heavy atom. The van der Waals surface area contributed by atoms with E-state index in [0.29, 0.717) is 22.9 Å². The molecule has 0 spiro atoms. The molecule has 5 rings (SSSR count). The molecular formula is C37H40N6O8S. The number of methoxy groups -OCH3 is 3. The van der Waals surface area contributed by atoms with Crippen molar-refractivity contribution < 1.29 is 37.2 Å². The van der Waals surface area contributed by atoms with E-state index < -0.39 is 11.3 Å². The minimum absolute atomic E-state index is 0.0178. The lowest BCUT2D eigenvalue weighted by Crippen LogP contribution is -2.25. The molecule has 0 radical (unpaired) electrons. The maximum atomic E-state index is 13.2. The van der Waals surface area contributed by atoms with Crippen molar-refractivity contribution in [2.75, 3.05) is 32.2 Å². The number of hydrogen-bond acceptors (Lipinski definition) is 11. The molecule has 15 heteroatoms. The summed E-state index contributed by atoms with van der Waals surface area (Å²) in [7, 11) is 4.58. The number of benzene rings is 3. The first-order chi connectivity index (χ1) is 25.0. The second-order valence-electron chi connectivity index (χ2n) is 12.2. The van der Waals surface area contributed by atoms with E-state index in [1.807, 2.05) is 12.1 Å². The van der Waals surface area contributed by atoms with Crippen molar-refractivity contribution in [3.05, 3.63) is 96.3 Å². The third kappa shape index (κ3) is 9.10. The topological polar surface area (TPSA) is 167 Å². The molecule has 0 aliphatic carbocycles. The molecule has 1 atom stereocenters. The fraction of sp³-hybridized carbons (Fsp3) is 0.270. The molecule has 0 aliphatic rings. The highest BCUT2D eigenvalue weighted by Crippen LogP contribution is 2.44. The van der Waals surface area contributed by atoms with Gasteiger partial charge in [0, 0.05) is 30.6 Å². The van der Waals surface area contributed by atoms with Crippen LogP contribution in [0.15, 0.2) is 85.2 Å². The van der Waals surface area contributed by atoms with Gasteiger partial charge in [-0.15, -0.1) is 0 Å². The van der Waals surface area contributed by atoms with Crippen LogP contribution in [-0.2, 0) is 28.0 Å². The Morgan fingerprint density at radius 3 is 2.17 bits per heavy atom. The molecule has 52 heavy (non-hydrogen) atoms. The van der Waals surface area contributed by atoms with E-state index in [1.165, 1.54) is 26.6 Å². The Hall–Kier alpha value is -5.80. The number of carbonyl (C=O) groups is 1. The molecule has 0 fully saturated rings. The predicted molar refractivity (Wildman–Crippen MR) is 196 cm³/mol. The van der Waals surface area contributed by atoms with Crippen molar-refractivity contribution in [3.63, 3.8) is 0 Å². The number of nitrogens with one attached hydrogen (secondary N) is 1. The average Bonchev–Trinajstić information content (AvgIpc) is 3.15. The van der Waals surface area contributed by atoms with Gasteiger partial charge < -0.3 is 29.0 Å². The van der Waals surface area contributed by atoms with Crippen molar-refractivity contribution in [1.29, 1.82) is 0 Å². The van der Waals surface area contributed by atoms with Gasteiger partial charge in [0.2, 0.25) is 17.5 Å². The number of amides is 1. The Balaban J connectivity index is 1.53. The van der Waals surface area contributed by atoms with E-state index in [0.717, 1.165) is 15.4 Å². The van der Waals surface area contributed by atoms with Crippen LogP contribution in [0.4, 0.5) is 11.5 Å². The summed E-state index contributed by atoms with van der Waals surface area (Å²) in [5.74, 6) is 1.22. The molecule has 1 unspecified atom stereocenters. The van der Waals surface area contributed by atoms with Crippen LogP contribution in [0.2, 0.25) is 0 Å². The maximum Gasteiger partial charge on any atom is 0.268 e. The van der Waals surface area contributed by atoms with Gasteiger partial charge in [0.15, 0.2) is 23.1 Å². The second-order valence-corrected chi connectivity index (χ2v) is 13.0. The first kappa shape index (κ1) is 37.5. The maximum absolute atomic E-state index is 13.2. The van der Waals surface area contributed by atoms with Gasteiger partial charge in [-0.2, -0.15) is 4.98 Å². The molecular weight excluding hydrogens is 689 g/mol. The second kappa shape index (κ2) is 16.9. The number of carbonyl (C=O) groups excluding carboxylic acids is 1. The molecule has 3 aromatic carbocycles. The molecule has 0 saturated heterocycles. The summed E-state index contributed by atoms with van der Waals surface area (Å²) in [5.41, 5.74) is 1.93.